The fourth-order valence-electron chi connectivity index (χ4n) is 3.41. The van der Waals surface area contributed by atoms with Gasteiger partial charge in [0.1, 0.15) is 60.7 Å². The largest absolute Gasteiger partial charge is 1.00 e. The van der Waals surface area contributed by atoms with Gasteiger partial charge in [0.05, 0.1) is 0 Å². The van der Waals surface area contributed by atoms with Gasteiger partial charge in [-0.2, -0.15) is 0 Å². The Hall–Kier alpha value is 5.22. The Balaban J connectivity index is -0.000000540. The molecule has 0 aliphatic heterocycles. The molecule has 0 spiro atoms. The Morgan fingerprint density at radius 2 is 0.310 bits per heavy atom. The van der Waals surface area contributed by atoms with E-state index in [9.17, 15) is 108 Å². The summed E-state index contributed by atoms with van der Waals surface area (Å²) in [5.41, 5.74) is 0. The van der Waals surface area contributed by atoms with Crippen molar-refractivity contribution in [2.24, 2.45) is 0 Å². The van der Waals surface area contributed by atoms with Crippen LogP contribution in [0.15, 0.2) is 0 Å². The van der Waals surface area contributed by atoms with E-state index in [1.54, 1.807) is 0 Å². The third-order valence-corrected chi connectivity index (χ3v) is 13.6. The summed E-state index contributed by atoms with van der Waals surface area (Å²) in [5.74, 6) is 0. The normalized spacial score (nSPS) is 35.7. The molecule has 24 nitrogen and oxygen atoms in total. The summed E-state index contributed by atoms with van der Waals surface area (Å²) in [6.45, 7) is 0. The van der Waals surface area contributed by atoms with Crippen molar-refractivity contribution in [2.75, 3.05) is 0 Å². The van der Waals surface area contributed by atoms with Crippen LogP contribution in [-0.4, -0.2) is 138 Å². The minimum Gasteiger partial charge on any atom is -0.745 e. The van der Waals surface area contributed by atoms with Crippen LogP contribution < -0.4 is 177 Å². The summed E-state index contributed by atoms with van der Waals surface area (Å²) >= 11 is 0. The minimum absolute atomic E-state index is 0. The fourth-order valence-corrected chi connectivity index (χ4v) is 13.3. The van der Waals surface area contributed by atoms with E-state index in [1.165, 1.54) is 0 Å². The third-order valence-electron chi connectivity index (χ3n) is 4.93. The quantitative estimate of drug-likeness (QED) is 0.107. The molecule has 1 aliphatic rings. The standard InChI is InChI=1S/C6H12O24S6.6Na/c7-1(31(13,14)15)2(8,32(16,17)18)4(10,34(22,23)24)6(12,36(28,29)30)5(11,35(25,26)27)3(1,9)33(19,20)21;;;;;;/h7-12H,(H,13,14,15)(H,16,17,18)(H,19,20,21)(H,22,23,24)(H,25,26,27)(H,28,29,30);;;;;;/q;6*+1/p-6. The summed E-state index contributed by atoms with van der Waals surface area (Å²) < 4.78 is 210. The van der Waals surface area contributed by atoms with Gasteiger partial charge < -0.3 is 58.0 Å². The zero-order chi connectivity index (χ0) is 30.0. The van der Waals surface area contributed by atoms with Gasteiger partial charge in [0, 0.05) is 0 Å². The van der Waals surface area contributed by atoms with Crippen molar-refractivity contribution in [3.8, 4) is 0 Å². The molecule has 0 atom stereocenters. The van der Waals surface area contributed by atoms with E-state index in [4.69, 9.17) is 0 Å². The van der Waals surface area contributed by atoms with Crippen molar-refractivity contribution in [2.45, 2.75) is 29.6 Å². The number of hydrogen-bond donors (Lipinski definition) is 6. The molecule has 1 rings (SSSR count). The van der Waals surface area contributed by atoms with Gasteiger partial charge in [0.15, 0.2) is 0 Å². The zero-order valence-corrected chi connectivity index (χ0v) is 38.4. The molecule has 0 aromatic heterocycles. The summed E-state index contributed by atoms with van der Waals surface area (Å²) in [7, 11) is -50.7. The molecule has 6 N–H and O–H groups in total. The van der Waals surface area contributed by atoms with Crippen molar-refractivity contribution in [1.29, 1.82) is 0 Å². The maximum atomic E-state index is 11.7. The average Bonchev–Trinajstić information content (AvgIpc) is 2.56. The second-order valence-electron chi connectivity index (χ2n) is 6.59. The van der Waals surface area contributed by atoms with Gasteiger partial charge in [0.25, 0.3) is 0 Å². The second-order valence-corrected chi connectivity index (χ2v) is 15.6. The van der Waals surface area contributed by atoms with Gasteiger partial charge in [-0.1, -0.05) is 0 Å². The third kappa shape index (κ3) is 6.90. The number of aliphatic hydroxyl groups is 6. The number of rotatable bonds is 6. The van der Waals surface area contributed by atoms with Gasteiger partial charge in [-0.25, -0.2) is 50.5 Å². The van der Waals surface area contributed by atoms with Crippen molar-refractivity contribution >= 4 is 60.7 Å². The first-order valence-corrected chi connectivity index (χ1v) is 15.5. The van der Waals surface area contributed by atoms with Crippen molar-refractivity contribution in [3.63, 3.8) is 0 Å². The molecule has 36 heteroatoms. The van der Waals surface area contributed by atoms with E-state index < -0.39 is 90.3 Å². The number of hydrogen-bond acceptors (Lipinski definition) is 24. The van der Waals surface area contributed by atoms with Crippen LogP contribution in [0.3, 0.4) is 0 Å². The van der Waals surface area contributed by atoms with Gasteiger partial charge in [-0.3, -0.25) is 0 Å². The van der Waals surface area contributed by atoms with Crippen LogP contribution in [0, 0.1) is 0 Å². The molecular weight excluding hydrogens is 786 g/mol. The van der Waals surface area contributed by atoms with E-state index >= 15 is 0 Å². The SMILES string of the molecule is O=S(=O)([O-])C1(O)C(O)(S(=O)(=O)[O-])C(O)(S(=O)(=O)[O-])C(O)(S(=O)(=O)[O-])C(O)(S(=O)(=O)[O-])C1(O)S(=O)(=O)[O-].[Na+].[Na+].[Na+].[Na+].[Na+].[Na+]. The summed E-state index contributed by atoms with van der Waals surface area (Å²) in [5, 5.41) is 60.7. The Kier molecular flexibility index (Phi) is 22.4. The molecule has 0 unspecified atom stereocenters. The van der Waals surface area contributed by atoms with Gasteiger partial charge in [-0.15, -0.1) is 0 Å². The molecule has 0 saturated heterocycles. The molecule has 216 valence electrons. The van der Waals surface area contributed by atoms with Crippen LogP contribution in [0.4, 0.5) is 0 Å². The maximum absolute atomic E-state index is 11.7. The Bertz CT molecular complexity index is 1320. The summed E-state index contributed by atoms with van der Waals surface area (Å²) in [6, 6.07) is 0. The minimum atomic E-state index is -8.45. The molecule has 42 heavy (non-hydrogen) atoms. The first kappa shape index (κ1) is 59.4. The van der Waals surface area contributed by atoms with Crippen LogP contribution in [0.5, 0.6) is 0 Å². The van der Waals surface area contributed by atoms with Crippen molar-refractivity contribution in [1.82, 2.24) is 0 Å². The molecule has 0 radical (unpaired) electrons. The van der Waals surface area contributed by atoms with Gasteiger partial charge in [-0.05, 0) is 0 Å². The van der Waals surface area contributed by atoms with Crippen LogP contribution >= 0.6 is 0 Å². The first-order chi connectivity index (χ1) is 15.0. The predicted molar refractivity (Wildman–Crippen MR) is 87.9 cm³/mol. The molecule has 1 saturated carbocycles. The molecule has 1 fully saturated rings. The van der Waals surface area contributed by atoms with E-state index in [-0.39, 0.29) is 177 Å². The Morgan fingerprint density at radius 3 is 0.333 bits per heavy atom. The molecule has 0 aromatic carbocycles. The van der Waals surface area contributed by atoms with Crippen LogP contribution in [0.25, 0.3) is 0 Å². The maximum Gasteiger partial charge on any atom is 1.00 e. The van der Waals surface area contributed by atoms with Crippen LogP contribution in [0.2, 0.25) is 0 Å². The van der Waals surface area contributed by atoms with Gasteiger partial charge in [0.2, 0.25) is 29.6 Å². The molecule has 0 heterocycles. The summed E-state index contributed by atoms with van der Waals surface area (Å²) in [6.07, 6.45) is 0. The molecule has 1 aliphatic carbocycles. The first-order valence-electron chi connectivity index (χ1n) is 7.07. The molecule has 0 aromatic rings. The van der Waals surface area contributed by atoms with Crippen molar-refractivity contribution < 1.29 is 286 Å². The van der Waals surface area contributed by atoms with E-state index in [0.29, 0.717) is 0 Å². The fraction of sp³-hybridized carbons (Fsp3) is 1.00. The monoisotopic (exact) mass is 792 g/mol. The van der Waals surface area contributed by atoms with Crippen LogP contribution in [-0.2, 0) is 60.7 Å². The topological polar surface area (TPSA) is 465 Å². The van der Waals surface area contributed by atoms with E-state index in [1.807, 2.05) is 0 Å². The van der Waals surface area contributed by atoms with Gasteiger partial charge >= 0.3 is 177 Å². The Labute approximate surface area is 369 Å². The predicted octanol–water partition coefficient (Wildman–Crippen LogP) is -28.6. The average molecular weight is 792 g/mol. The smallest absolute Gasteiger partial charge is 0.745 e. The second kappa shape index (κ2) is 15.9. The van der Waals surface area contributed by atoms with E-state index in [0.717, 1.165) is 0 Å². The van der Waals surface area contributed by atoms with E-state index in [2.05, 4.69) is 0 Å². The summed E-state index contributed by atoms with van der Waals surface area (Å²) in [4.78, 5) is -45.0. The van der Waals surface area contributed by atoms with Crippen LogP contribution in [0.1, 0.15) is 0 Å². The molecule has 0 amide bonds. The zero-order valence-electron chi connectivity index (χ0n) is 21.5. The Morgan fingerprint density at radius 1 is 0.262 bits per heavy atom. The molecule has 0 bridgehead atoms. The molecular formula is C6H6Na6O24S6. The van der Waals surface area contributed by atoms with Crippen molar-refractivity contribution in [3.05, 3.63) is 0 Å².